The van der Waals surface area contributed by atoms with Crippen LogP contribution < -0.4 is 9.80 Å². The highest BCUT2D eigenvalue weighted by molar-refractivity contribution is 6.32. The van der Waals surface area contributed by atoms with E-state index >= 15 is 0 Å². The van der Waals surface area contributed by atoms with E-state index in [2.05, 4.69) is 25.8 Å². The second kappa shape index (κ2) is 6.98. The number of piperazine rings is 1. The Bertz CT molecular complexity index is 776. The Morgan fingerprint density at radius 3 is 2.72 bits per heavy atom. The molecule has 0 bridgehead atoms. The van der Waals surface area contributed by atoms with E-state index in [1.807, 2.05) is 23.1 Å². The maximum Gasteiger partial charge on any atom is 0.241 e. The number of hydrogen-bond donors (Lipinski definition) is 0. The summed E-state index contributed by atoms with van der Waals surface area (Å²) < 4.78 is 0. The Labute approximate surface area is 152 Å². The molecule has 4 rings (SSSR count). The van der Waals surface area contributed by atoms with Gasteiger partial charge < -0.3 is 9.80 Å². The topological polar surface area (TPSA) is 52.6 Å². The third-order valence-electron chi connectivity index (χ3n) is 4.87. The number of carbonyl (C=O) groups excluding carboxylic acids is 1. The van der Waals surface area contributed by atoms with Crippen molar-refractivity contribution < 1.29 is 4.79 Å². The molecule has 2 aliphatic heterocycles. The number of nitrogens with zero attached hydrogens (tertiary/aromatic N) is 5. The first-order valence-corrected chi connectivity index (χ1v) is 8.91. The molecular formula is C18H20ClN5O. The third kappa shape index (κ3) is 3.32. The number of para-hydroxylation sites is 1. The molecule has 3 heterocycles. The van der Waals surface area contributed by atoms with E-state index in [0.29, 0.717) is 11.6 Å². The largest absolute Gasteiger partial charge is 0.353 e. The van der Waals surface area contributed by atoms with E-state index in [1.54, 1.807) is 6.20 Å². The molecule has 1 aromatic carbocycles. The van der Waals surface area contributed by atoms with E-state index in [0.717, 1.165) is 50.6 Å². The molecule has 1 fully saturated rings. The Hall–Kier alpha value is -2.18. The van der Waals surface area contributed by atoms with Crippen molar-refractivity contribution in [3.63, 3.8) is 0 Å². The average Bonchev–Trinajstić information content (AvgIpc) is 3.07. The molecular weight excluding hydrogens is 338 g/mol. The molecule has 0 aliphatic carbocycles. The summed E-state index contributed by atoms with van der Waals surface area (Å²) in [6.45, 7) is 4.50. The summed E-state index contributed by atoms with van der Waals surface area (Å²) in [5.41, 5.74) is 2.33. The quantitative estimate of drug-likeness (QED) is 0.839. The zero-order chi connectivity index (χ0) is 17.2. The van der Waals surface area contributed by atoms with Crippen molar-refractivity contribution in [1.29, 1.82) is 0 Å². The Morgan fingerprint density at radius 2 is 1.92 bits per heavy atom. The molecule has 1 amide bonds. The van der Waals surface area contributed by atoms with Crippen LogP contribution in [0.15, 0.2) is 36.8 Å². The normalized spacial score (nSPS) is 17.6. The zero-order valence-corrected chi connectivity index (χ0v) is 14.7. The number of amides is 1. The van der Waals surface area contributed by atoms with Gasteiger partial charge >= 0.3 is 0 Å². The molecule has 2 aliphatic rings. The molecule has 0 N–H and O–H groups in total. The molecule has 2 aromatic rings. The lowest BCUT2D eigenvalue weighted by atomic mass is 10.2. The molecule has 6 nitrogen and oxygen atoms in total. The van der Waals surface area contributed by atoms with Gasteiger partial charge in [0.05, 0.1) is 12.7 Å². The Morgan fingerprint density at radius 1 is 1.12 bits per heavy atom. The van der Waals surface area contributed by atoms with Gasteiger partial charge in [0, 0.05) is 38.4 Å². The Balaban J connectivity index is 1.35. The van der Waals surface area contributed by atoms with Crippen LogP contribution >= 0.6 is 11.6 Å². The maximum atomic E-state index is 12.7. The lowest BCUT2D eigenvalue weighted by Crippen LogP contribution is -2.50. The van der Waals surface area contributed by atoms with E-state index < -0.39 is 0 Å². The first-order valence-electron chi connectivity index (χ1n) is 8.53. The first-order chi connectivity index (χ1) is 12.2. The molecule has 0 radical (unpaired) electrons. The van der Waals surface area contributed by atoms with Gasteiger partial charge in [-0.3, -0.25) is 9.69 Å². The molecule has 1 saturated heterocycles. The van der Waals surface area contributed by atoms with Gasteiger partial charge in [0.2, 0.25) is 5.91 Å². The van der Waals surface area contributed by atoms with Gasteiger partial charge in [0.15, 0.2) is 5.82 Å². The average molecular weight is 358 g/mol. The number of benzene rings is 1. The maximum absolute atomic E-state index is 12.7. The van der Waals surface area contributed by atoms with Gasteiger partial charge in [-0.05, 0) is 18.1 Å². The second-order valence-corrected chi connectivity index (χ2v) is 6.79. The minimum Gasteiger partial charge on any atom is -0.353 e. The number of rotatable bonds is 3. The van der Waals surface area contributed by atoms with Crippen LogP contribution in [-0.2, 0) is 11.2 Å². The van der Waals surface area contributed by atoms with Crippen LogP contribution in [-0.4, -0.2) is 60.0 Å². The van der Waals surface area contributed by atoms with Gasteiger partial charge in [-0.2, -0.15) is 0 Å². The number of anilines is 2. The molecule has 1 aromatic heterocycles. The fraction of sp³-hybridized carbons (Fsp3) is 0.389. The second-order valence-electron chi connectivity index (χ2n) is 6.38. The van der Waals surface area contributed by atoms with E-state index in [-0.39, 0.29) is 5.91 Å². The predicted octanol–water partition coefficient (Wildman–Crippen LogP) is 1.84. The van der Waals surface area contributed by atoms with Crippen LogP contribution in [0.5, 0.6) is 0 Å². The number of carbonyl (C=O) groups is 1. The lowest BCUT2D eigenvalue weighted by molar-refractivity contribution is -0.119. The standard InChI is InChI=1S/C18H20ClN5O/c19-15-11-20-13-21-18(15)23-9-7-22(8-10-23)12-17(25)24-6-5-14-3-1-2-4-16(14)24/h1-4,11,13H,5-10,12H2. The van der Waals surface area contributed by atoms with Crippen LogP contribution in [0.3, 0.4) is 0 Å². The van der Waals surface area contributed by atoms with Crippen molar-refractivity contribution in [1.82, 2.24) is 14.9 Å². The predicted molar refractivity (Wildman–Crippen MR) is 98.2 cm³/mol. The highest BCUT2D eigenvalue weighted by Crippen LogP contribution is 2.28. The number of halogens is 1. The van der Waals surface area contributed by atoms with E-state index in [4.69, 9.17) is 11.6 Å². The van der Waals surface area contributed by atoms with Gasteiger partial charge in [0.1, 0.15) is 11.3 Å². The molecule has 0 saturated carbocycles. The molecule has 0 atom stereocenters. The highest BCUT2D eigenvalue weighted by Gasteiger charge is 2.27. The zero-order valence-electron chi connectivity index (χ0n) is 13.9. The third-order valence-corrected chi connectivity index (χ3v) is 5.13. The van der Waals surface area contributed by atoms with Crippen molar-refractivity contribution in [2.24, 2.45) is 0 Å². The van der Waals surface area contributed by atoms with Gasteiger partial charge in [-0.25, -0.2) is 9.97 Å². The molecule has 7 heteroatoms. The van der Waals surface area contributed by atoms with Crippen molar-refractivity contribution >= 4 is 29.0 Å². The summed E-state index contributed by atoms with van der Waals surface area (Å²) in [5, 5.41) is 0.570. The number of fused-ring (bicyclic) bond motifs is 1. The van der Waals surface area contributed by atoms with Gasteiger partial charge in [-0.15, -0.1) is 0 Å². The minimum atomic E-state index is 0.179. The van der Waals surface area contributed by atoms with Crippen LogP contribution in [0.1, 0.15) is 5.56 Å². The van der Waals surface area contributed by atoms with Gasteiger partial charge in [-0.1, -0.05) is 29.8 Å². The fourth-order valence-corrected chi connectivity index (χ4v) is 3.76. The van der Waals surface area contributed by atoms with Crippen LogP contribution in [0.2, 0.25) is 5.02 Å². The van der Waals surface area contributed by atoms with Crippen molar-refractivity contribution in [2.75, 3.05) is 49.1 Å². The summed E-state index contributed by atoms with van der Waals surface area (Å²) in [6.07, 6.45) is 4.08. The SMILES string of the molecule is O=C(CN1CCN(c2ncncc2Cl)CC1)N1CCc2ccccc21. The molecule has 25 heavy (non-hydrogen) atoms. The number of aromatic nitrogens is 2. The summed E-state index contributed by atoms with van der Waals surface area (Å²) >= 11 is 6.17. The monoisotopic (exact) mass is 357 g/mol. The molecule has 0 unspecified atom stereocenters. The van der Waals surface area contributed by atoms with E-state index in [9.17, 15) is 4.79 Å². The Kier molecular flexibility index (Phi) is 4.55. The molecule has 130 valence electrons. The van der Waals surface area contributed by atoms with Crippen LogP contribution in [0, 0.1) is 0 Å². The highest BCUT2D eigenvalue weighted by atomic mass is 35.5. The van der Waals surface area contributed by atoms with Crippen LogP contribution in [0.4, 0.5) is 11.5 Å². The fourth-order valence-electron chi connectivity index (χ4n) is 3.53. The van der Waals surface area contributed by atoms with E-state index in [1.165, 1.54) is 11.9 Å². The first kappa shape index (κ1) is 16.3. The summed E-state index contributed by atoms with van der Waals surface area (Å²) in [6, 6.07) is 8.17. The smallest absolute Gasteiger partial charge is 0.241 e. The summed E-state index contributed by atoms with van der Waals surface area (Å²) in [4.78, 5) is 27.2. The lowest BCUT2D eigenvalue weighted by Gasteiger charge is -2.35. The van der Waals surface area contributed by atoms with Gasteiger partial charge in [0.25, 0.3) is 0 Å². The van der Waals surface area contributed by atoms with Crippen molar-refractivity contribution in [2.45, 2.75) is 6.42 Å². The van der Waals surface area contributed by atoms with Crippen LogP contribution in [0.25, 0.3) is 0 Å². The number of hydrogen-bond acceptors (Lipinski definition) is 5. The summed E-state index contributed by atoms with van der Waals surface area (Å²) in [7, 11) is 0. The van der Waals surface area contributed by atoms with Crippen molar-refractivity contribution in [3.05, 3.63) is 47.4 Å². The van der Waals surface area contributed by atoms with Crippen molar-refractivity contribution in [3.8, 4) is 0 Å². The summed E-state index contributed by atoms with van der Waals surface area (Å²) in [5.74, 6) is 0.953. The molecule has 0 spiro atoms. The minimum absolute atomic E-state index is 0.179.